The van der Waals surface area contributed by atoms with Crippen LogP contribution in [0.25, 0.3) is 6.08 Å². The van der Waals surface area contributed by atoms with Crippen molar-refractivity contribution in [1.82, 2.24) is 10.2 Å². The van der Waals surface area contributed by atoms with Gasteiger partial charge in [0.15, 0.2) is 0 Å². The van der Waals surface area contributed by atoms with Crippen molar-refractivity contribution in [3.8, 4) is 0 Å². The van der Waals surface area contributed by atoms with Crippen LogP contribution in [0.1, 0.15) is 49.8 Å². The van der Waals surface area contributed by atoms with Gasteiger partial charge in [0, 0.05) is 25.6 Å². The predicted molar refractivity (Wildman–Crippen MR) is 92.8 cm³/mol. The monoisotopic (exact) mass is 314 g/mol. The molecule has 3 rings (SSSR count). The first-order chi connectivity index (χ1) is 11.2. The number of likely N-dealkylation sites (tertiary alicyclic amines) is 1. The van der Waals surface area contributed by atoms with Gasteiger partial charge < -0.3 is 10.2 Å². The maximum absolute atomic E-state index is 10.9. The van der Waals surface area contributed by atoms with E-state index in [2.05, 4.69) is 42.6 Å². The van der Waals surface area contributed by atoms with E-state index in [4.69, 9.17) is 0 Å². The molecule has 2 aliphatic rings. The molecule has 0 aromatic heterocycles. The summed E-state index contributed by atoms with van der Waals surface area (Å²) < 4.78 is 0. The zero-order valence-electron chi connectivity index (χ0n) is 14.0. The normalized spacial score (nSPS) is 19.0. The summed E-state index contributed by atoms with van der Waals surface area (Å²) in [7, 11) is 0. The van der Waals surface area contributed by atoms with E-state index in [1.165, 1.54) is 16.7 Å². The highest BCUT2D eigenvalue weighted by Crippen LogP contribution is 2.22. The van der Waals surface area contributed by atoms with Gasteiger partial charge in [-0.25, -0.2) is 0 Å². The summed E-state index contributed by atoms with van der Waals surface area (Å²) in [5.41, 5.74) is 3.87. The molecule has 1 heterocycles. The first-order valence-corrected chi connectivity index (χ1v) is 8.41. The Labute approximate surface area is 138 Å². The average molecular weight is 314 g/mol. The van der Waals surface area contributed by atoms with E-state index in [-0.39, 0.29) is 0 Å². The minimum absolute atomic E-state index is 0.324. The number of allylic oxidation sites excluding steroid dienone is 1. The number of benzene rings is 1. The molecule has 0 bridgehead atoms. The molecule has 1 unspecified atom stereocenters. The van der Waals surface area contributed by atoms with Crippen LogP contribution < -0.4 is 5.32 Å². The lowest BCUT2D eigenvalue weighted by atomic mass is 9.93. The van der Waals surface area contributed by atoms with Gasteiger partial charge >= 0.3 is 0 Å². The van der Waals surface area contributed by atoms with Gasteiger partial charge in [-0.15, -0.1) is 0 Å². The minimum Gasteiger partial charge on any atom is -0.355 e. The van der Waals surface area contributed by atoms with Crippen LogP contribution in [-0.2, 0) is 22.6 Å². The summed E-state index contributed by atoms with van der Waals surface area (Å²) in [6.45, 7) is 5.63. The van der Waals surface area contributed by atoms with Crippen LogP contribution in [0.2, 0.25) is 0 Å². The lowest BCUT2D eigenvalue weighted by molar-refractivity contribution is -0.128. The van der Waals surface area contributed by atoms with E-state index in [1.807, 2.05) is 11.8 Å². The summed E-state index contributed by atoms with van der Waals surface area (Å²) in [5.74, 6) is 0.324. The first kappa shape index (κ1) is 17.3. The number of carbonyl (C=O) groups excluding carboxylic acids is 2. The number of rotatable bonds is 4. The van der Waals surface area contributed by atoms with E-state index in [1.54, 1.807) is 0 Å². The first-order valence-electron chi connectivity index (χ1n) is 8.41. The van der Waals surface area contributed by atoms with Gasteiger partial charge in [0.05, 0.1) is 0 Å². The second-order valence-electron chi connectivity index (χ2n) is 6.00. The zero-order chi connectivity index (χ0) is 16.7. The Morgan fingerprint density at radius 2 is 2.17 bits per heavy atom. The Morgan fingerprint density at radius 1 is 1.35 bits per heavy atom. The predicted octanol–water partition coefficient (Wildman–Crippen LogP) is 2.91. The van der Waals surface area contributed by atoms with Crippen molar-refractivity contribution in [3.63, 3.8) is 0 Å². The maximum atomic E-state index is 10.9. The molecule has 1 aliphatic heterocycles. The Bertz CT molecular complexity index is 581. The van der Waals surface area contributed by atoms with Crippen molar-refractivity contribution in [1.29, 1.82) is 0 Å². The molecule has 4 heteroatoms. The van der Waals surface area contributed by atoms with Gasteiger partial charge in [-0.3, -0.25) is 9.59 Å². The smallest absolute Gasteiger partial charge is 0.222 e. The van der Waals surface area contributed by atoms with Gasteiger partial charge in [0.1, 0.15) is 0 Å². The molecule has 1 aromatic rings. The number of amides is 2. The molecule has 0 spiro atoms. The molecular formula is C19H26N2O2. The standard InChI is InChI=1S/C12H13NO.C7H13NO/c14-9-13-8-11-6-3-5-10-4-1-2-7-12(10)11;1-3-8-6(2)4-5-7(8)9/h2-3,5-7,9H,1,4,8H2,(H,13,14);6H,3-5H2,1-2H3. The Morgan fingerprint density at radius 3 is 2.78 bits per heavy atom. The van der Waals surface area contributed by atoms with Crippen LogP contribution in [0.15, 0.2) is 24.3 Å². The topological polar surface area (TPSA) is 49.4 Å². The summed E-state index contributed by atoms with van der Waals surface area (Å²) in [6.07, 6.45) is 9.12. The third-order valence-electron chi connectivity index (χ3n) is 4.50. The molecule has 124 valence electrons. The maximum Gasteiger partial charge on any atom is 0.222 e. The summed E-state index contributed by atoms with van der Waals surface area (Å²) in [6, 6.07) is 6.76. The molecule has 1 aromatic carbocycles. The quantitative estimate of drug-likeness (QED) is 0.869. The van der Waals surface area contributed by atoms with Crippen molar-refractivity contribution >= 4 is 18.4 Å². The van der Waals surface area contributed by atoms with Gasteiger partial charge in [0.2, 0.25) is 12.3 Å². The Hall–Kier alpha value is -2.10. The van der Waals surface area contributed by atoms with Crippen LogP contribution in [0.5, 0.6) is 0 Å². The van der Waals surface area contributed by atoms with Gasteiger partial charge in [-0.2, -0.15) is 0 Å². The number of nitrogens with zero attached hydrogens (tertiary/aromatic N) is 1. The molecule has 2 amide bonds. The summed E-state index contributed by atoms with van der Waals surface area (Å²) in [4.78, 5) is 23.1. The summed E-state index contributed by atoms with van der Waals surface area (Å²) >= 11 is 0. The van der Waals surface area contributed by atoms with E-state index >= 15 is 0 Å². The number of hydrogen-bond donors (Lipinski definition) is 1. The van der Waals surface area contributed by atoms with Gasteiger partial charge in [-0.05, 0) is 49.8 Å². The zero-order valence-corrected chi connectivity index (χ0v) is 14.0. The fraction of sp³-hybridized carbons (Fsp3) is 0.474. The van der Waals surface area contributed by atoms with Crippen molar-refractivity contribution in [2.24, 2.45) is 0 Å². The largest absolute Gasteiger partial charge is 0.355 e. The lowest BCUT2D eigenvalue weighted by Crippen LogP contribution is -2.30. The summed E-state index contributed by atoms with van der Waals surface area (Å²) in [5, 5.41) is 2.70. The van der Waals surface area contributed by atoms with Gasteiger partial charge in [0.25, 0.3) is 0 Å². The van der Waals surface area contributed by atoms with Crippen molar-refractivity contribution < 1.29 is 9.59 Å². The fourth-order valence-electron chi connectivity index (χ4n) is 3.21. The number of hydrogen-bond acceptors (Lipinski definition) is 2. The molecule has 1 saturated heterocycles. The molecule has 1 fully saturated rings. The number of fused-ring (bicyclic) bond motifs is 1. The second kappa shape index (κ2) is 8.51. The molecule has 4 nitrogen and oxygen atoms in total. The highest BCUT2D eigenvalue weighted by Gasteiger charge is 2.25. The average Bonchev–Trinajstić information content (AvgIpc) is 2.91. The lowest BCUT2D eigenvalue weighted by Gasteiger charge is -2.18. The minimum atomic E-state index is 0.324. The molecule has 23 heavy (non-hydrogen) atoms. The highest BCUT2D eigenvalue weighted by molar-refractivity contribution is 5.78. The Kier molecular flexibility index (Phi) is 6.39. The van der Waals surface area contributed by atoms with Crippen molar-refractivity contribution in [3.05, 3.63) is 41.0 Å². The number of aryl methyl sites for hydroxylation is 1. The molecule has 1 atom stereocenters. The van der Waals surface area contributed by atoms with Crippen molar-refractivity contribution in [2.45, 2.75) is 52.1 Å². The Balaban J connectivity index is 0.000000185. The third kappa shape index (κ3) is 4.44. The van der Waals surface area contributed by atoms with E-state index in [0.29, 0.717) is 18.5 Å². The highest BCUT2D eigenvalue weighted by atomic mass is 16.2. The van der Waals surface area contributed by atoms with Crippen LogP contribution in [0.4, 0.5) is 0 Å². The second-order valence-corrected chi connectivity index (χ2v) is 6.00. The molecule has 0 radical (unpaired) electrons. The SMILES string of the molecule is CCN1C(=O)CCC1C.O=CNCc1cccc2c1C=CCC2. The van der Waals surface area contributed by atoms with Crippen molar-refractivity contribution in [2.75, 3.05) is 6.54 Å². The number of nitrogens with one attached hydrogen (secondary N) is 1. The van der Waals surface area contributed by atoms with E-state index in [0.717, 1.165) is 38.6 Å². The molecule has 1 N–H and O–H groups in total. The third-order valence-corrected chi connectivity index (χ3v) is 4.50. The number of carbonyl (C=O) groups is 2. The van der Waals surface area contributed by atoms with E-state index in [9.17, 15) is 9.59 Å². The molecular weight excluding hydrogens is 288 g/mol. The van der Waals surface area contributed by atoms with Crippen LogP contribution >= 0.6 is 0 Å². The molecule has 1 aliphatic carbocycles. The fourth-order valence-corrected chi connectivity index (χ4v) is 3.21. The molecule has 0 saturated carbocycles. The van der Waals surface area contributed by atoms with Crippen LogP contribution in [0.3, 0.4) is 0 Å². The van der Waals surface area contributed by atoms with E-state index < -0.39 is 0 Å². The van der Waals surface area contributed by atoms with Crippen LogP contribution in [-0.4, -0.2) is 29.8 Å². The van der Waals surface area contributed by atoms with Crippen LogP contribution in [0, 0.1) is 0 Å². The van der Waals surface area contributed by atoms with Gasteiger partial charge in [-0.1, -0.05) is 30.4 Å².